The number of nitrogens with zero attached hydrogens (tertiary/aromatic N) is 1. The van der Waals surface area contributed by atoms with E-state index in [0.717, 1.165) is 11.3 Å². The second-order valence-corrected chi connectivity index (χ2v) is 6.69. The Balaban J connectivity index is 1.65. The molecule has 0 saturated carbocycles. The van der Waals surface area contributed by atoms with Crippen LogP contribution in [0.4, 0.5) is 11.4 Å². The summed E-state index contributed by atoms with van der Waals surface area (Å²) in [6.45, 7) is 2.56. The lowest BCUT2D eigenvalue weighted by atomic mass is 10.1. The minimum atomic E-state index is -0.268. The van der Waals surface area contributed by atoms with E-state index in [4.69, 9.17) is 11.6 Å². The summed E-state index contributed by atoms with van der Waals surface area (Å²) in [7, 11) is 0. The first-order valence-corrected chi connectivity index (χ1v) is 9.46. The first kappa shape index (κ1) is 19.6. The van der Waals surface area contributed by atoms with Gasteiger partial charge in [0.15, 0.2) is 0 Å². The summed E-state index contributed by atoms with van der Waals surface area (Å²) in [6.07, 6.45) is 0.293. The Morgan fingerprint density at radius 2 is 1.54 bits per heavy atom. The van der Waals surface area contributed by atoms with Crippen LogP contribution in [0.5, 0.6) is 0 Å². The summed E-state index contributed by atoms with van der Waals surface area (Å²) in [5.74, 6) is -0.239. The quantitative estimate of drug-likeness (QED) is 0.627. The largest absolute Gasteiger partial charge is 0.322 e. The summed E-state index contributed by atoms with van der Waals surface area (Å²) < 4.78 is 0. The van der Waals surface area contributed by atoms with Gasteiger partial charge in [-0.2, -0.15) is 0 Å². The molecular weight excluding hydrogens is 372 g/mol. The van der Waals surface area contributed by atoms with Crippen molar-refractivity contribution in [2.24, 2.45) is 0 Å². The Kier molecular flexibility index (Phi) is 6.45. The number of hydrogen-bond donors (Lipinski definition) is 1. The number of carbonyl (C=O) groups is 2. The maximum absolute atomic E-state index is 12.7. The highest BCUT2D eigenvalue weighted by molar-refractivity contribution is 6.34. The van der Waals surface area contributed by atoms with Gasteiger partial charge in [-0.05, 0) is 48.9 Å². The predicted octanol–water partition coefficient (Wildman–Crippen LogP) is 5.19. The number of carbonyl (C=O) groups excluding carboxylic acids is 2. The molecule has 0 radical (unpaired) electrons. The third-order valence-electron chi connectivity index (χ3n) is 4.37. The summed E-state index contributed by atoms with van der Waals surface area (Å²) >= 11 is 6.06. The Morgan fingerprint density at radius 1 is 0.893 bits per heavy atom. The van der Waals surface area contributed by atoms with E-state index >= 15 is 0 Å². The van der Waals surface area contributed by atoms with Crippen molar-refractivity contribution in [1.82, 2.24) is 0 Å². The summed E-state index contributed by atoms with van der Waals surface area (Å²) in [5, 5.41) is 3.23. The van der Waals surface area contributed by atoms with E-state index in [1.807, 2.05) is 49.4 Å². The zero-order valence-corrected chi connectivity index (χ0v) is 16.3. The highest BCUT2D eigenvalue weighted by Crippen LogP contribution is 2.19. The second kappa shape index (κ2) is 9.20. The lowest BCUT2D eigenvalue weighted by molar-refractivity contribution is -0.117. The number of amides is 2. The van der Waals surface area contributed by atoms with Crippen LogP contribution in [0.1, 0.15) is 22.8 Å². The molecule has 2 amide bonds. The maximum atomic E-state index is 12.7. The van der Waals surface area contributed by atoms with Gasteiger partial charge >= 0.3 is 0 Å². The van der Waals surface area contributed by atoms with Gasteiger partial charge in [-0.15, -0.1) is 0 Å². The lowest BCUT2D eigenvalue weighted by Crippen LogP contribution is -2.31. The minimum absolute atomic E-state index is 0.0292. The first-order valence-electron chi connectivity index (χ1n) is 9.08. The molecule has 0 aromatic heterocycles. The van der Waals surface area contributed by atoms with Crippen molar-refractivity contribution in [3.8, 4) is 0 Å². The molecule has 0 fully saturated rings. The van der Waals surface area contributed by atoms with Gasteiger partial charge in [0.2, 0.25) is 5.91 Å². The van der Waals surface area contributed by atoms with E-state index in [9.17, 15) is 9.59 Å². The van der Waals surface area contributed by atoms with E-state index < -0.39 is 0 Å². The molecule has 3 aromatic carbocycles. The zero-order valence-electron chi connectivity index (χ0n) is 15.6. The molecule has 142 valence electrons. The molecule has 0 bridgehead atoms. The van der Waals surface area contributed by atoms with Crippen LogP contribution in [0.3, 0.4) is 0 Å². The molecule has 0 spiro atoms. The molecule has 0 atom stereocenters. The van der Waals surface area contributed by atoms with Gasteiger partial charge in [0, 0.05) is 17.9 Å². The van der Waals surface area contributed by atoms with E-state index in [0.29, 0.717) is 29.2 Å². The Bertz CT molecular complexity index is 956. The molecule has 0 aliphatic carbocycles. The summed E-state index contributed by atoms with van der Waals surface area (Å²) in [4.78, 5) is 26.8. The highest BCUT2D eigenvalue weighted by atomic mass is 35.5. The maximum Gasteiger partial charge on any atom is 0.257 e. The van der Waals surface area contributed by atoms with Crippen LogP contribution in [0.15, 0.2) is 78.9 Å². The SMILES string of the molecule is CCN(C(=O)Cc1ccc(NC(=O)c2ccccc2Cl)cc1)c1ccccc1. The molecule has 0 aliphatic heterocycles. The van der Waals surface area contributed by atoms with Crippen LogP contribution in [0, 0.1) is 0 Å². The smallest absolute Gasteiger partial charge is 0.257 e. The molecule has 0 unspecified atom stereocenters. The van der Waals surface area contributed by atoms with Crippen molar-refractivity contribution in [3.63, 3.8) is 0 Å². The van der Waals surface area contributed by atoms with Crippen molar-refractivity contribution < 1.29 is 9.59 Å². The van der Waals surface area contributed by atoms with E-state index in [2.05, 4.69) is 5.32 Å². The third kappa shape index (κ3) is 4.78. The number of anilines is 2. The fourth-order valence-electron chi connectivity index (χ4n) is 2.93. The van der Waals surface area contributed by atoms with Gasteiger partial charge in [-0.25, -0.2) is 0 Å². The lowest BCUT2D eigenvalue weighted by Gasteiger charge is -2.21. The van der Waals surface area contributed by atoms with Crippen LogP contribution < -0.4 is 10.2 Å². The van der Waals surface area contributed by atoms with Gasteiger partial charge < -0.3 is 10.2 Å². The average molecular weight is 393 g/mol. The summed E-state index contributed by atoms with van der Waals surface area (Å²) in [6, 6.07) is 23.8. The second-order valence-electron chi connectivity index (χ2n) is 6.28. The van der Waals surface area contributed by atoms with Crippen LogP contribution in [0.2, 0.25) is 5.02 Å². The molecule has 0 saturated heterocycles. The number of hydrogen-bond acceptors (Lipinski definition) is 2. The van der Waals surface area contributed by atoms with Gasteiger partial charge in [0.1, 0.15) is 0 Å². The molecule has 3 rings (SSSR count). The molecule has 28 heavy (non-hydrogen) atoms. The average Bonchev–Trinajstić information content (AvgIpc) is 2.71. The molecule has 3 aromatic rings. The van der Waals surface area contributed by atoms with E-state index in [-0.39, 0.29) is 11.8 Å². The molecule has 1 N–H and O–H groups in total. The first-order chi connectivity index (χ1) is 13.6. The standard InChI is InChI=1S/C23H21ClN2O2/c1-2-26(19-8-4-3-5-9-19)22(27)16-17-12-14-18(15-13-17)25-23(28)20-10-6-7-11-21(20)24/h3-15H,2,16H2,1H3,(H,25,28). The Hall–Kier alpha value is -3.11. The molecular formula is C23H21ClN2O2. The van der Waals surface area contributed by atoms with E-state index in [1.54, 1.807) is 41.3 Å². The Labute approximate surface area is 169 Å². The predicted molar refractivity (Wildman–Crippen MR) is 114 cm³/mol. The van der Waals surface area contributed by atoms with Crippen LogP contribution in [0.25, 0.3) is 0 Å². The van der Waals surface area contributed by atoms with Crippen molar-refractivity contribution in [3.05, 3.63) is 95.0 Å². The highest BCUT2D eigenvalue weighted by Gasteiger charge is 2.14. The van der Waals surface area contributed by atoms with Crippen LogP contribution >= 0.6 is 11.6 Å². The number of halogens is 1. The number of para-hydroxylation sites is 1. The fraction of sp³-hybridized carbons (Fsp3) is 0.130. The van der Waals surface area contributed by atoms with Gasteiger partial charge in [-0.1, -0.05) is 54.1 Å². The van der Waals surface area contributed by atoms with Gasteiger partial charge in [0.25, 0.3) is 5.91 Å². The van der Waals surface area contributed by atoms with Crippen molar-refractivity contribution in [2.45, 2.75) is 13.3 Å². The topological polar surface area (TPSA) is 49.4 Å². The van der Waals surface area contributed by atoms with E-state index in [1.165, 1.54) is 0 Å². The van der Waals surface area contributed by atoms with Crippen LogP contribution in [-0.4, -0.2) is 18.4 Å². The zero-order chi connectivity index (χ0) is 19.9. The monoisotopic (exact) mass is 392 g/mol. The van der Waals surface area contributed by atoms with Crippen molar-refractivity contribution >= 4 is 34.8 Å². The number of benzene rings is 3. The minimum Gasteiger partial charge on any atom is -0.322 e. The fourth-order valence-corrected chi connectivity index (χ4v) is 3.15. The van der Waals surface area contributed by atoms with Gasteiger partial charge in [0.05, 0.1) is 17.0 Å². The molecule has 4 nitrogen and oxygen atoms in total. The normalized spacial score (nSPS) is 10.4. The van der Waals surface area contributed by atoms with Crippen LogP contribution in [-0.2, 0) is 11.2 Å². The van der Waals surface area contributed by atoms with Crippen molar-refractivity contribution in [2.75, 3.05) is 16.8 Å². The van der Waals surface area contributed by atoms with Gasteiger partial charge in [-0.3, -0.25) is 9.59 Å². The summed E-state index contributed by atoms with van der Waals surface area (Å²) in [5.41, 5.74) is 2.84. The molecule has 0 heterocycles. The Morgan fingerprint density at radius 3 is 2.18 bits per heavy atom. The molecule has 5 heteroatoms. The van der Waals surface area contributed by atoms with Crippen molar-refractivity contribution in [1.29, 1.82) is 0 Å². The third-order valence-corrected chi connectivity index (χ3v) is 4.70. The number of rotatable bonds is 6. The number of nitrogens with one attached hydrogen (secondary N) is 1. The number of likely N-dealkylation sites (N-methyl/N-ethyl adjacent to an activating group) is 1. The molecule has 0 aliphatic rings.